The van der Waals surface area contributed by atoms with Gasteiger partial charge in [0.15, 0.2) is 0 Å². The van der Waals surface area contributed by atoms with Crippen LogP contribution in [0.2, 0.25) is 0 Å². The number of benzene rings is 2. The Balaban J connectivity index is 2.27. The van der Waals surface area contributed by atoms with Crippen molar-refractivity contribution in [3.8, 4) is 0 Å². The van der Waals surface area contributed by atoms with E-state index in [2.05, 4.69) is 0 Å². The van der Waals surface area contributed by atoms with Gasteiger partial charge >= 0.3 is 0 Å². The van der Waals surface area contributed by atoms with E-state index < -0.39 is 5.60 Å². The van der Waals surface area contributed by atoms with Crippen LogP contribution in [-0.2, 0) is 12.0 Å². The summed E-state index contributed by atoms with van der Waals surface area (Å²) in [4.78, 5) is 0. The van der Waals surface area contributed by atoms with E-state index >= 15 is 0 Å². The van der Waals surface area contributed by atoms with E-state index in [0.717, 1.165) is 5.56 Å². The van der Waals surface area contributed by atoms with E-state index in [0.29, 0.717) is 17.5 Å². The first-order valence-electron chi connectivity index (χ1n) is 6.02. The predicted octanol–water partition coefficient (Wildman–Crippen LogP) is 3.58. The van der Waals surface area contributed by atoms with Crippen LogP contribution >= 0.6 is 0 Å². The van der Waals surface area contributed by atoms with Crippen molar-refractivity contribution in [3.63, 3.8) is 0 Å². The lowest BCUT2D eigenvalue weighted by molar-refractivity contribution is 0.0573. The second kappa shape index (κ2) is 4.91. The van der Waals surface area contributed by atoms with Gasteiger partial charge in [0, 0.05) is 6.42 Å². The van der Waals surface area contributed by atoms with Gasteiger partial charge in [0.05, 0.1) is 5.60 Å². The summed E-state index contributed by atoms with van der Waals surface area (Å²) < 4.78 is 13.5. The lowest BCUT2D eigenvalue weighted by atomic mass is 9.88. The van der Waals surface area contributed by atoms with Crippen molar-refractivity contribution in [2.24, 2.45) is 0 Å². The van der Waals surface area contributed by atoms with Gasteiger partial charge in [0.2, 0.25) is 0 Å². The molecule has 2 aromatic carbocycles. The molecule has 0 aromatic heterocycles. The van der Waals surface area contributed by atoms with Crippen LogP contribution in [0.3, 0.4) is 0 Å². The maximum atomic E-state index is 13.5. The maximum Gasteiger partial charge on any atom is 0.126 e. The van der Waals surface area contributed by atoms with Gasteiger partial charge in [-0.15, -0.1) is 0 Å². The molecule has 0 radical (unpaired) electrons. The first-order chi connectivity index (χ1) is 8.49. The summed E-state index contributed by atoms with van der Waals surface area (Å²) in [6.07, 6.45) is 0.469. The fourth-order valence-electron chi connectivity index (χ4n) is 2.02. The number of aliphatic hydroxyl groups is 1. The normalized spacial score (nSPS) is 14.2. The van der Waals surface area contributed by atoms with Crippen molar-refractivity contribution >= 4 is 0 Å². The SMILES string of the molecule is Cc1ccc(C(C)(O)Cc2ccccc2)cc1F. The first-order valence-corrected chi connectivity index (χ1v) is 6.02. The number of hydrogen-bond acceptors (Lipinski definition) is 1. The Morgan fingerprint density at radius 1 is 1.11 bits per heavy atom. The topological polar surface area (TPSA) is 20.2 Å². The molecule has 0 aliphatic rings. The molecule has 0 aliphatic carbocycles. The Labute approximate surface area is 107 Å². The smallest absolute Gasteiger partial charge is 0.126 e. The molecular formula is C16H17FO. The summed E-state index contributed by atoms with van der Waals surface area (Å²) in [6.45, 7) is 3.43. The molecule has 0 saturated carbocycles. The maximum absolute atomic E-state index is 13.5. The number of halogens is 1. The minimum Gasteiger partial charge on any atom is -0.385 e. The number of rotatable bonds is 3. The van der Waals surface area contributed by atoms with Crippen LogP contribution in [0.25, 0.3) is 0 Å². The van der Waals surface area contributed by atoms with Crippen LogP contribution in [0.1, 0.15) is 23.6 Å². The number of hydrogen-bond donors (Lipinski definition) is 1. The molecule has 0 fully saturated rings. The molecule has 1 nitrogen and oxygen atoms in total. The van der Waals surface area contributed by atoms with Gasteiger partial charge in [0.1, 0.15) is 5.82 Å². The van der Waals surface area contributed by atoms with Crippen molar-refractivity contribution in [3.05, 3.63) is 71.0 Å². The third-order valence-electron chi connectivity index (χ3n) is 3.18. The van der Waals surface area contributed by atoms with Crippen molar-refractivity contribution in [1.82, 2.24) is 0 Å². The molecule has 0 spiro atoms. The first kappa shape index (κ1) is 12.8. The van der Waals surface area contributed by atoms with Gasteiger partial charge in [-0.3, -0.25) is 0 Å². The third kappa shape index (κ3) is 2.77. The lowest BCUT2D eigenvalue weighted by Crippen LogP contribution is -2.24. The largest absolute Gasteiger partial charge is 0.385 e. The molecule has 2 heteroatoms. The molecule has 1 atom stereocenters. The minimum atomic E-state index is -1.06. The Bertz CT molecular complexity index is 532. The highest BCUT2D eigenvalue weighted by Gasteiger charge is 2.24. The molecule has 0 amide bonds. The van der Waals surface area contributed by atoms with Crippen molar-refractivity contribution in [2.75, 3.05) is 0 Å². The lowest BCUT2D eigenvalue weighted by Gasteiger charge is -2.24. The van der Waals surface area contributed by atoms with E-state index in [4.69, 9.17) is 0 Å². The Kier molecular flexibility index (Phi) is 3.48. The molecule has 1 N–H and O–H groups in total. The summed E-state index contributed by atoms with van der Waals surface area (Å²) >= 11 is 0. The summed E-state index contributed by atoms with van der Waals surface area (Å²) in [5, 5.41) is 10.5. The van der Waals surface area contributed by atoms with Gasteiger partial charge in [-0.25, -0.2) is 4.39 Å². The van der Waals surface area contributed by atoms with E-state index in [1.54, 1.807) is 26.0 Å². The monoisotopic (exact) mass is 244 g/mol. The van der Waals surface area contributed by atoms with Crippen molar-refractivity contribution in [2.45, 2.75) is 25.9 Å². The summed E-state index contributed by atoms with van der Waals surface area (Å²) in [5.41, 5.74) is 1.17. The summed E-state index contributed by atoms with van der Waals surface area (Å²) in [5.74, 6) is -0.277. The van der Waals surface area contributed by atoms with E-state index in [1.807, 2.05) is 30.3 Å². The van der Waals surface area contributed by atoms with E-state index in [1.165, 1.54) is 6.07 Å². The molecule has 0 bridgehead atoms. The molecule has 18 heavy (non-hydrogen) atoms. The highest BCUT2D eigenvalue weighted by Crippen LogP contribution is 2.26. The van der Waals surface area contributed by atoms with Gasteiger partial charge in [0.25, 0.3) is 0 Å². The van der Waals surface area contributed by atoms with Crippen LogP contribution in [0.4, 0.5) is 4.39 Å². The second-order valence-electron chi connectivity index (χ2n) is 4.90. The Morgan fingerprint density at radius 2 is 1.78 bits per heavy atom. The predicted molar refractivity (Wildman–Crippen MR) is 70.9 cm³/mol. The standard InChI is InChI=1S/C16H17FO/c1-12-8-9-14(10-15(12)17)16(2,18)11-13-6-4-3-5-7-13/h3-10,18H,11H2,1-2H3. The van der Waals surface area contributed by atoms with Gasteiger partial charge < -0.3 is 5.11 Å². The zero-order valence-electron chi connectivity index (χ0n) is 10.7. The minimum absolute atomic E-state index is 0.277. The Hall–Kier alpha value is -1.67. The molecule has 94 valence electrons. The summed E-state index contributed by atoms with van der Waals surface area (Å²) in [7, 11) is 0. The van der Waals surface area contributed by atoms with Gasteiger partial charge in [-0.2, -0.15) is 0 Å². The molecule has 1 unspecified atom stereocenters. The van der Waals surface area contributed by atoms with E-state index in [9.17, 15) is 9.50 Å². The average molecular weight is 244 g/mol. The van der Waals surface area contributed by atoms with Crippen LogP contribution in [0, 0.1) is 12.7 Å². The van der Waals surface area contributed by atoms with Crippen LogP contribution in [0.5, 0.6) is 0 Å². The fourth-order valence-corrected chi connectivity index (χ4v) is 2.02. The fraction of sp³-hybridized carbons (Fsp3) is 0.250. The van der Waals surface area contributed by atoms with Crippen LogP contribution in [-0.4, -0.2) is 5.11 Å². The van der Waals surface area contributed by atoms with Gasteiger partial charge in [-0.1, -0.05) is 42.5 Å². The van der Waals surface area contributed by atoms with Crippen LogP contribution in [0.15, 0.2) is 48.5 Å². The van der Waals surface area contributed by atoms with Gasteiger partial charge in [-0.05, 0) is 36.6 Å². The molecule has 0 heterocycles. The van der Waals surface area contributed by atoms with Crippen LogP contribution < -0.4 is 0 Å². The average Bonchev–Trinajstić information content (AvgIpc) is 2.33. The quantitative estimate of drug-likeness (QED) is 0.875. The number of aryl methyl sites for hydroxylation is 1. The van der Waals surface area contributed by atoms with E-state index in [-0.39, 0.29) is 5.82 Å². The second-order valence-corrected chi connectivity index (χ2v) is 4.90. The van der Waals surface area contributed by atoms with Crippen molar-refractivity contribution in [1.29, 1.82) is 0 Å². The Morgan fingerprint density at radius 3 is 2.39 bits per heavy atom. The molecular weight excluding hydrogens is 227 g/mol. The highest BCUT2D eigenvalue weighted by atomic mass is 19.1. The molecule has 2 rings (SSSR count). The highest BCUT2D eigenvalue weighted by molar-refractivity contribution is 5.29. The van der Waals surface area contributed by atoms with Crippen molar-refractivity contribution < 1.29 is 9.50 Å². The zero-order valence-corrected chi connectivity index (χ0v) is 10.7. The zero-order chi connectivity index (χ0) is 13.2. The third-order valence-corrected chi connectivity index (χ3v) is 3.18. The summed E-state index contributed by atoms with van der Waals surface area (Å²) in [6, 6.07) is 14.6. The molecule has 0 aliphatic heterocycles. The molecule has 2 aromatic rings. The molecule has 0 saturated heterocycles.